The molecule has 0 fully saturated rings. The normalized spacial score (nSPS) is 8.00. The maximum absolute atomic E-state index is 10.8. The van der Waals surface area contributed by atoms with Crippen molar-refractivity contribution in [2.24, 2.45) is 0 Å². The minimum Gasteiger partial charge on any atom is -0.349 e. The molecular weight excluding hydrogens is 154 g/mol. The molecule has 0 N–H and O–H groups in total. The molecule has 0 spiro atoms. The molecule has 0 aliphatic heterocycles. The molecule has 0 rings (SSSR count). The topological polar surface area (TPSA) is 37.4 Å². The molecular formula is C9H19NO2. The summed E-state index contributed by atoms with van der Waals surface area (Å²) in [5, 5.41) is 0. The van der Waals surface area contributed by atoms with Crippen molar-refractivity contribution in [2.45, 2.75) is 33.1 Å². The third-order valence-electron chi connectivity index (χ3n) is 1.21. The van der Waals surface area contributed by atoms with E-state index in [9.17, 15) is 9.59 Å². The Bertz CT molecular complexity index is 122. The number of carbonyl (C=O) groups excluding carboxylic acids is 2. The highest BCUT2D eigenvalue weighted by molar-refractivity contribution is 5.75. The Kier molecular flexibility index (Phi) is 11.6. The molecule has 0 aromatic heterocycles. The van der Waals surface area contributed by atoms with Gasteiger partial charge in [-0.05, 0) is 6.42 Å². The summed E-state index contributed by atoms with van der Waals surface area (Å²) in [6.45, 7) is 4.00. The van der Waals surface area contributed by atoms with E-state index in [0.29, 0.717) is 19.3 Å². The summed E-state index contributed by atoms with van der Waals surface area (Å²) in [5.74, 6) is 0.0850. The zero-order chi connectivity index (χ0) is 9.98. The minimum atomic E-state index is 0.0850. The number of aldehydes is 1. The molecule has 3 nitrogen and oxygen atoms in total. The Morgan fingerprint density at radius 2 is 1.83 bits per heavy atom. The third kappa shape index (κ3) is 9.14. The van der Waals surface area contributed by atoms with E-state index < -0.39 is 0 Å². The van der Waals surface area contributed by atoms with E-state index in [1.165, 1.54) is 4.90 Å². The number of hydrogen-bond acceptors (Lipinski definition) is 2. The smallest absolute Gasteiger partial charge is 0.222 e. The average molecular weight is 173 g/mol. The SMILES string of the molecule is CC.CN(C)C(=O)CCCC=O. The second-order valence-corrected chi connectivity index (χ2v) is 2.35. The van der Waals surface area contributed by atoms with Crippen molar-refractivity contribution in [2.75, 3.05) is 14.1 Å². The van der Waals surface area contributed by atoms with Crippen molar-refractivity contribution in [1.29, 1.82) is 0 Å². The van der Waals surface area contributed by atoms with Crippen LogP contribution in [0.3, 0.4) is 0 Å². The standard InChI is InChI=1S/C7H13NO2.C2H6/c1-8(2)7(10)5-3-4-6-9;1-2/h6H,3-5H2,1-2H3;1-2H3. The Hall–Kier alpha value is -0.860. The molecule has 12 heavy (non-hydrogen) atoms. The zero-order valence-corrected chi connectivity index (χ0v) is 8.46. The minimum absolute atomic E-state index is 0.0850. The Balaban J connectivity index is 0. The molecule has 0 radical (unpaired) electrons. The van der Waals surface area contributed by atoms with Crippen LogP contribution in [0.15, 0.2) is 0 Å². The second kappa shape index (κ2) is 10.1. The molecule has 0 bridgehead atoms. The first-order chi connectivity index (χ1) is 5.68. The highest BCUT2D eigenvalue weighted by Gasteiger charge is 2.01. The van der Waals surface area contributed by atoms with Crippen LogP contribution in [0.1, 0.15) is 33.1 Å². The first-order valence-corrected chi connectivity index (χ1v) is 4.32. The molecule has 0 saturated carbocycles. The van der Waals surface area contributed by atoms with Crippen LogP contribution in [0.25, 0.3) is 0 Å². The van der Waals surface area contributed by atoms with Crippen LogP contribution in [0, 0.1) is 0 Å². The van der Waals surface area contributed by atoms with E-state index in [0.717, 1.165) is 6.29 Å². The van der Waals surface area contributed by atoms with Crippen LogP contribution in [0.4, 0.5) is 0 Å². The number of nitrogens with zero attached hydrogens (tertiary/aromatic N) is 1. The summed E-state index contributed by atoms with van der Waals surface area (Å²) in [6.07, 6.45) is 2.47. The van der Waals surface area contributed by atoms with Gasteiger partial charge in [0.1, 0.15) is 6.29 Å². The number of carbonyl (C=O) groups is 2. The molecule has 72 valence electrons. The third-order valence-corrected chi connectivity index (χ3v) is 1.21. The van der Waals surface area contributed by atoms with Crippen molar-refractivity contribution in [3.63, 3.8) is 0 Å². The molecule has 0 unspecified atom stereocenters. The molecule has 0 aromatic rings. The molecule has 0 atom stereocenters. The lowest BCUT2D eigenvalue weighted by molar-refractivity contribution is -0.128. The lowest BCUT2D eigenvalue weighted by Crippen LogP contribution is -2.21. The summed E-state index contributed by atoms with van der Waals surface area (Å²) in [6, 6.07) is 0. The summed E-state index contributed by atoms with van der Waals surface area (Å²) >= 11 is 0. The molecule has 3 heteroatoms. The lowest BCUT2D eigenvalue weighted by atomic mass is 10.2. The van der Waals surface area contributed by atoms with Crippen LogP contribution >= 0.6 is 0 Å². The predicted octanol–water partition coefficient (Wildman–Crippen LogP) is 1.47. The van der Waals surface area contributed by atoms with Gasteiger partial charge in [-0.3, -0.25) is 4.79 Å². The maximum Gasteiger partial charge on any atom is 0.222 e. The summed E-state index contributed by atoms with van der Waals surface area (Å²) in [7, 11) is 3.42. The number of hydrogen-bond donors (Lipinski definition) is 0. The van der Waals surface area contributed by atoms with Crippen LogP contribution in [-0.2, 0) is 9.59 Å². The van der Waals surface area contributed by atoms with Crippen LogP contribution < -0.4 is 0 Å². The van der Waals surface area contributed by atoms with E-state index in [-0.39, 0.29) is 5.91 Å². The predicted molar refractivity (Wildman–Crippen MR) is 50.0 cm³/mol. The molecule has 0 saturated heterocycles. The first kappa shape index (κ1) is 13.7. The fourth-order valence-electron chi connectivity index (χ4n) is 0.560. The van der Waals surface area contributed by atoms with Crippen molar-refractivity contribution >= 4 is 12.2 Å². The summed E-state index contributed by atoms with van der Waals surface area (Å²) in [4.78, 5) is 22.2. The second-order valence-electron chi connectivity index (χ2n) is 2.35. The van der Waals surface area contributed by atoms with Gasteiger partial charge < -0.3 is 9.69 Å². The molecule has 0 aliphatic carbocycles. The van der Waals surface area contributed by atoms with Gasteiger partial charge in [0, 0.05) is 26.9 Å². The largest absolute Gasteiger partial charge is 0.349 e. The molecule has 0 heterocycles. The van der Waals surface area contributed by atoms with E-state index in [1.807, 2.05) is 13.8 Å². The van der Waals surface area contributed by atoms with Crippen molar-refractivity contribution in [3.8, 4) is 0 Å². The van der Waals surface area contributed by atoms with Gasteiger partial charge in [0.2, 0.25) is 5.91 Å². The Morgan fingerprint density at radius 3 is 2.17 bits per heavy atom. The average Bonchev–Trinajstić information content (AvgIpc) is 2.08. The van der Waals surface area contributed by atoms with Gasteiger partial charge in [-0.2, -0.15) is 0 Å². The van der Waals surface area contributed by atoms with E-state index in [2.05, 4.69) is 0 Å². The van der Waals surface area contributed by atoms with Crippen molar-refractivity contribution < 1.29 is 9.59 Å². The van der Waals surface area contributed by atoms with Crippen LogP contribution in [-0.4, -0.2) is 31.2 Å². The summed E-state index contributed by atoms with van der Waals surface area (Å²) < 4.78 is 0. The van der Waals surface area contributed by atoms with Crippen molar-refractivity contribution in [3.05, 3.63) is 0 Å². The Morgan fingerprint density at radius 1 is 1.33 bits per heavy atom. The zero-order valence-electron chi connectivity index (χ0n) is 8.46. The van der Waals surface area contributed by atoms with E-state index in [4.69, 9.17) is 0 Å². The number of amides is 1. The lowest BCUT2D eigenvalue weighted by Gasteiger charge is -2.08. The Labute approximate surface area is 74.7 Å². The van der Waals surface area contributed by atoms with Gasteiger partial charge in [0.25, 0.3) is 0 Å². The van der Waals surface area contributed by atoms with Gasteiger partial charge in [-0.25, -0.2) is 0 Å². The monoisotopic (exact) mass is 173 g/mol. The van der Waals surface area contributed by atoms with Gasteiger partial charge in [-0.15, -0.1) is 0 Å². The number of rotatable bonds is 4. The fraction of sp³-hybridized carbons (Fsp3) is 0.778. The van der Waals surface area contributed by atoms with Crippen molar-refractivity contribution in [1.82, 2.24) is 4.90 Å². The van der Waals surface area contributed by atoms with E-state index >= 15 is 0 Å². The highest BCUT2D eigenvalue weighted by Crippen LogP contribution is 1.94. The van der Waals surface area contributed by atoms with Gasteiger partial charge in [0.15, 0.2) is 0 Å². The first-order valence-electron chi connectivity index (χ1n) is 4.32. The molecule has 0 aliphatic rings. The quantitative estimate of drug-likeness (QED) is 0.477. The highest BCUT2D eigenvalue weighted by atomic mass is 16.2. The molecule has 0 aromatic carbocycles. The molecule has 1 amide bonds. The van der Waals surface area contributed by atoms with Gasteiger partial charge in [-0.1, -0.05) is 13.8 Å². The summed E-state index contributed by atoms with van der Waals surface area (Å²) in [5.41, 5.74) is 0. The van der Waals surface area contributed by atoms with Gasteiger partial charge in [0.05, 0.1) is 0 Å². The maximum atomic E-state index is 10.8. The van der Waals surface area contributed by atoms with Crippen LogP contribution in [0.2, 0.25) is 0 Å². The van der Waals surface area contributed by atoms with Crippen LogP contribution in [0.5, 0.6) is 0 Å². The number of unbranched alkanes of at least 4 members (excludes halogenated alkanes) is 1. The van der Waals surface area contributed by atoms with Gasteiger partial charge >= 0.3 is 0 Å². The van der Waals surface area contributed by atoms with E-state index in [1.54, 1.807) is 14.1 Å². The fourth-order valence-corrected chi connectivity index (χ4v) is 0.560.